The van der Waals surface area contributed by atoms with Gasteiger partial charge in [-0.15, -0.1) is 11.3 Å². The molecule has 1 aromatic heterocycles. The number of rotatable bonds is 5. The van der Waals surface area contributed by atoms with Crippen LogP contribution in [-0.4, -0.2) is 37.6 Å². The Bertz CT molecular complexity index is 1090. The second kappa shape index (κ2) is 8.30. The number of anilines is 1. The molecule has 1 aliphatic carbocycles. The van der Waals surface area contributed by atoms with Gasteiger partial charge in [0.1, 0.15) is 5.00 Å². The van der Waals surface area contributed by atoms with Gasteiger partial charge in [0.15, 0.2) is 0 Å². The zero-order valence-corrected chi connectivity index (χ0v) is 18.6. The lowest BCUT2D eigenvalue weighted by Gasteiger charge is -2.30. The first-order valence-corrected chi connectivity index (χ1v) is 12.4. The SMILES string of the molecule is NC(=O)c1c(NC(=O)C2CCN(S(=O)(=O)c3ccc(Cl)cc3)CC2)sc2c1CCC2. The standard InChI is InChI=1S/C20H22ClN3O4S2/c21-13-4-6-14(7-5-13)30(27,28)24-10-8-12(9-11-24)19(26)23-20-17(18(22)25)15-2-1-3-16(15)29-20/h4-7,12H,1-3,8-11H2,(H2,22,25)(H,23,26). The molecular formula is C20H22ClN3O4S2. The van der Waals surface area contributed by atoms with Gasteiger partial charge in [-0.05, 0) is 61.9 Å². The number of aryl methyl sites for hydroxylation is 1. The van der Waals surface area contributed by atoms with Gasteiger partial charge >= 0.3 is 0 Å². The maximum atomic E-state index is 12.8. The van der Waals surface area contributed by atoms with Crippen molar-refractivity contribution < 1.29 is 18.0 Å². The molecule has 1 aliphatic heterocycles. The number of carbonyl (C=O) groups excluding carboxylic acids is 2. The Morgan fingerprint density at radius 2 is 1.80 bits per heavy atom. The minimum absolute atomic E-state index is 0.189. The van der Waals surface area contributed by atoms with E-state index in [0.29, 0.717) is 28.4 Å². The van der Waals surface area contributed by atoms with Crippen LogP contribution in [0.4, 0.5) is 5.00 Å². The topological polar surface area (TPSA) is 110 Å². The summed E-state index contributed by atoms with van der Waals surface area (Å²) in [4.78, 5) is 26.0. The number of piperidine rings is 1. The Labute approximate surface area is 184 Å². The van der Waals surface area contributed by atoms with Crippen molar-refractivity contribution in [2.75, 3.05) is 18.4 Å². The number of nitrogens with zero attached hydrogens (tertiary/aromatic N) is 1. The zero-order chi connectivity index (χ0) is 21.5. The molecule has 30 heavy (non-hydrogen) atoms. The number of primary amides is 1. The number of thiophene rings is 1. The second-order valence-corrected chi connectivity index (χ2v) is 11.0. The molecule has 1 saturated heterocycles. The molecular weight excluding hydrogens is 446 g/mol. The van der Waals surface area contributed by atoms with E-state index in [9.17, 15) is 18.0 Å². The van der Waals surface area contributed by atoms with Crippen LogP contribution in [0.25, 0.3) is 0 Å². The third-order valence-corrected chi connectivity index (χ3v) is 9.05. The predicted octanol–water partition coefficient (Wildman–Crippen LogP) is 3.03. The van der Waals surface area contributed by atoms with Crippen molar-refractivity contribution >= 4 is 49.8 Å². The van der Waals surface area contributed by atoms with E-state index in [1.54, 1.807) is 12.1 Å². The molecule has 0 unspecified atom stereocenters. The molecule has 1 fully saturated rings. The Kier molecular flexibility index (Phi) is 5.89. The maximum absolute atomic E-state index is 12.8. The van der Waals surface area contributed by atoms with E-state index in [0.717, 1.165) is 29.7 Å². The van der Waals surface area contributed by atoms with Crippen LogP contribution in [0.2, 0.25) is 5.02 Å². The van der Waals surface area contributed by atoms with Gasteiger partial charge in [0.25, 0.3) is 5.91 Å². The summed E-state index contributed by atoms with van der Waals surface area (Å²) in [6.07, 6.45) is 3.53. The summed E-state index contributed by atoms with van der Waals surface area (Å²) in [6.45, 7) is 0.513. The average molecular weight is 468 g/mol. The van der Waals surface area contributed by atoms with Gasteiger partial charge in [0.2, 0.25) is 15.9 Å². The van der Waals surface area contributed by atoms with Crippen LogP contribution in [0.5, 0.6) is 0 Å². The Morgan fingerprint density at radius 1 is 1.13 bits per heavy atom. The van der Waals surface area contributed by atoms with Crippen LogP contribution >= 0.6 is 22.9 Å². The van der Waals surface area contributed by atoms with Gasteiger partial charge < -0.3 is 11.1 Å². The number of nitrogens with two attached hydrogens (primary N) is 1. The summed E-state index contributed by atoms with van der Waals surface area (Å²) in [6, 6.07) is 6.06. The lowest BCUT2D eigenvalue weighted by atomic mass is 9.97. The minimum atomic E-state index is -3.62. The molecule has 0 atom stereocenters. The first-order chi connectivity index (χ1) is 14.3. The van der Waals surface area contributed by atoms with Crippen molar-refractivity contribution in [2.24, 2.45) is 11.7 Å². The molecule has 4 rings (SSSR count). The van der Waals surface area contributed by atoms with Crippen LogP contribution in [0, 0.1) is 5.92 Å². The van der Waals surface area contributed by atoms with Gasteiger partial charge in [-0.2, -0.15) is 4.31 Å². The summed E-state index contributed by atoms with van der Waals surface area (Å²) in [5, 5.41) is 3.87. The normalized spacial score (nSPS) is 17.6. The van der Waals surface area contributed by atoms with E-state index in [2.05, 4.69) is 5.32 Å². The molecule has 3 N–H and O–H groups in total. The highest BCUT2D eigenvalue weighted by Gasteiger charge is 2.33. The van der Waals surface area contributed by atoms with E-state index in [-0.39, 0.29) is 29.8 Å². The van der Waals surface area contributed by atoms with E-state index < -0.39 is 15.9 Å². The summed E-state index contributed by atoms with van der Waals surface area (Å²) >= 11 is 7.26. The maximum Gasteiger partial charge on any atom is 0.251 e. The van der Waals surface area contributed by atoms with Crippen LogP contribution < -0.4 is 11.1 Å². The van der Waals surface area contributed by atoms with Crippen molar-refractivity contribution in [3.63, 3.8) is 0 Å². The molecule has 2 aliphatic rings. The Balaban J connectivity index is 1.42. The Morgan fingerprint density at radius 3 is 2.43 bits per heavy atom. The fraction of sp³-hybridized carbons (Fsp3) is 0.400. The van der Waals surface area contributed by atoms with Crippen molar-refractivity contribution in [1.29, 1.82) is 0 Å². The molecule has 7 nitrogen and oxygen atoms in total. The second-order valence-electron chi connectivity index (χ2n) is 7.55. The number of amides is 2. The fourth-order valence-electron chi connectivity index (χ4n) is 4.08. The molecule has 2 aromatic rings. The molecule has 10 heteroatoms. The number of hydrogen-bond donors (Lipinski definition) is 2. The van der Waals surface area contributed by atoms with Crippen molar-refractivity contribution in [3.05, 3.63) is 45.3 Å². The Hall–Kier alpha value is -1.94. The summed E-state index contributed by atoms with van der Waals surface area (Å²) < 4.78 is 27.0. The van der Waals surface area contributed by atoms with Crippen LogP contribution in [0.1, 0.15) is 40.1 Å². The van der Waals surface area contributed by atoms with E-state index >= 15 is 0 Å². The molecule has 2 heterocycles. The van der Waals surface area contributed by atoms with Gasteiger partial charge in [-0.25, -0.2) is 8.42 Å². The van der Waals surface area contributed by atoms with E-state index in [1.165, 1.54) is 27.8 Å². The number of hydrogen-bond acceptors (Lipinski definition) is 5. The predicted molar refractivity (Wildman–Crippen MR) is 116 cm³/mol. The van der Waals surface area contributed by atoms with Crippen LogP contribution in [0.3, 0.4) is 0 Å². The number of nitrogens with one attached hydrogen (secondary N) is 1. The zero-order valence-electron chi connectivity index (χ0n) is 16.2. The molecule has 2 amide bonds. The third-order valence-electron chi connectivity index (χ3n) is 5.68. The molecule has 1 aromatic carbocycles. The number of sulfonamides is 1. The monoisotopic (exact) mass is 467 g/mol. The summed E-state index contributed by atoms with van der Waals surface area (Å²) in [5.41, 5.74) is 6.95. The number of halogens is 1. The number of fused-ring (bicyclic) bond motifs is 1. The largest absolute Gasteiger partial charge is 0.365 e. The summed E-state index contributed by atoms with van der Waals surface area (Å²) in [5.74, 6) is -1.03. The van der Waals surface area contributed by atoms with E-state index in [4.69, 9.17) is 17.3 Å². The third kappa shape index (κ3) is 3.99. The highest BCUT2D eigenvalue weighted by Crippen LogP contribution is 2.39. The smallest absolute Gasteiger partial charge is 0.251 e. The molecule has 0 bridgehead atoms. The van der Waals surface area contributed by atoms with Crippen molar-refractivity contribution in [2.45, 2.75) is 37.0 Å². The summed E-state index contributed by atoms with van der Waals surface area (Å²) in [7, 11) is -3.62. The lowest BCUT2D eigenvalue weighted by Crippen LogP contribution is -2.41. The lowest BCUT2D eigenvalue weighted by molar-refractivity contribution is -0.120. The fourth-order valence-corrected chi connectivity index (χ4v) is 6.97. The highest BCUT2D eigenvalue weighted by atomic mass is 35.5. The average Bonchev–Trinajstić information content (AvgIpc) is 3.29. The van der Waals surface area contributed by atoms with Gasteiger partial charge in [-0.1, -0.05) is 11.6 Å². The molecule has 0 saturated carbocycles. The number of benzene rings is 1. The molecule has 0 spiro atoms. The molecule has 0 radical (unpaired) electrons. The van der Waals surface area contributed by atoms with Crippen molar-refractivity contribution in [1.82, 2.24) is 4.31 Å². The first kappa shape index (κ1) is 21.3. The number of carbonyl (C=O) groups is 2. The van der Waals surface area contributed by atoms with E-state index in [1.807, 2.05) is 0 Å². The first-order valence-electron chi connectivity index (χ1n) is 9.78. The van der Waals surface area contributed by atoms with Gasteiger partial charge in [-0.3, -0.25) is 9.59 Å². The van der Waals surface area contributed by atoms with Crippen molar-refractivity contribution in [3.8, 4) is 0 Å². The quantitative estimate of drug-likeness (QED) is 0.704. The van der Waals surface area contributed by atoms with Crippen LogP contribution in [0.15, 0.2) is 29.2 Å². The highest BCUT2D eigenvalue weighted by molar-refractivity contribution is 7.89. The minimum Gasteiger partial charge on any atom is -0.365 e. The molecule has 160 valence electrons. The van der Waals surface area contributed by atoms with Gasteiger partial charge in [0.05, 0.1) is 10.5 Å². The van der Waals surface area contributed by atoms with Gasteiger partial charge in [0, 0.05) is 28.9 Å². The van der Waals surface area contributed by atoms with Crippen LogP contribution in [-0.2, 0) is 27.7 Å².